The number of aromatic nitrogens is 2. The smallest absolute Gasteiger partial charge is 0.232 e. The van der Waals surface area contributed by atoms with E-state index in [1.54, 1.807) is 7.11 Å². The molecule has 2 N–H and O–H groups in total. The minimum atomic E-state index is 0.527. The maximum absolute atomic E-state index is 5.40. The first-order chi connectivity index (χ1) is 13.5. The highest BCUT2D eigenvalue weighted by atomic mass is 32.1. The number of anilines is 3. The van der Waals surface area contributed by atoms with Gasteiger partial charge in [-0.05, 0) is 49.7 Å². The molecule has 1 aromatic heterocycles. The Kier molecular flexibility index (Phi) is 7.67. The fourth-order valence-electron chi connectivity index (χ4n) is 4.19. The number of hydrogen-bond acceptors (Lipinski definition) is 6. The van der Waals surface area contributed by atoms with E-state index in [0.717, 1.165) is 37.8 Å². The highest BCUT2D eigenvalue weighted by Gasteiger charge is 2.24. The zero-order chi connectivity index (χ0) is 19.9. The Morgan fingerprint density at radius 2 is 1.75 bits per heavy atom. The summed E-state index contributed by atoms with van der Waals surface area (Å²) in [7, 11) is 1.68. The standard InChI is InChI=1S/C20H34N6OS/c1-15-11-16(2)14-26(13-15)18-12-17(25-8-5-4-6-9-25)22-19(23-18)24-20(28)21-7-10-27-3/h12,15-16H,4-11,13-14H2,1-3H3,(H2,21,22,23,24,28)/t15-,16-/m0/s1. The van der Waals surface area contributed by atoms with Crippen molar-refractivity contribution in [2.45, 2.75) is 39.5 Å². The van der Waals surface area contributed by atoms with Crippen molar-refractivity contribution in [1.82, 2.24) is 15.3 Å². The third kappa shape index (κ3) is 5.91. The number of ether oxygens (including phenoxy) is 1. The van der Waals surface area contributed by atoms with E-state index in [9.17, 15) is 0 Å². The maximum atomic E-state index is 5.40. The van der Waals surface area contributed by atoms with Gasteiger partial charge in [0.05, 0.1) is 6.61 Å². The number of hydrogen-bond donors (Lipinski definition) is 2. The summed E-state index contributed by atoms with van der Waals surface area (Å²) in [6.45, 7) is 10.1. The van der Waals surface area contributed by atoms with Gasteiger partial charge in [0.15, 0.2) is 5.11 Å². The van der Waals surface area contributed by atoms with Gasteiger partial charge < -0.3 is 25.2 Å². The summed E-state index contributed by atoms with van der Waals surface area (Å²) < 4.78 is 5.06. The molecule has 0 spiro atoms. The van der Waals surface area contributed by atoms with Gasteiger partial charge in [-0.1, -0.05) is 13.8 Å². The molecule has 156 valence electrons. The summed E-state index contributed by atoms with van der Waals surface area (Å²) >= 11 is 5.40. The van der Waals surface area contributed by atoms with E-state index in [1.165, 1.54) is 25.7 Å². The summed E-state index contributed by atoms with van der Waals surface area (Å²) in [6.07, 6.45) is 5.01. The Morgan fingerprint density at radius 3 is 2.39 bits per heavy atom. The quantitative estimate of drug-likeness (QED) is 0.552. The molecule has 2 aliphatic rings. The molecule has 8 heteroatoms. The Labute approximate surface area is 174 Å². The molecule has 0 unspecified atom stereocenters. The van der Waals surface area contributed by atoms with E-state index in [-0.39, 0.29) is 0 Å². The Balaban J connectivity index is 1.80. The molecule has 2 fully saturated rings. The molecule has 3 heterocycles. The molecule has 0 bridgehead atoms. The zero-order valence-corrected chi connectivity index (χ0v) is 18.2. The van der Waals surface area contributed by atoms with E-state index < -0.39 is 0 Å². The fourth-order valence-corrected chi connectivity index (χ4v) is 4.38. The van der Waals surface area contributed by atoms with Crippen molar-refractivity contribution in [2.24, 2.45) is 11.8 Å². The van der Waals surface area contributed by atoms with Crippen molar-refractivity contribution in [1.29, 1.82) is 0 Å². The van der Waals surface area contributed by atoms with E-state index in [1.807, 2.05) is 0 Å². The summed E-state index contributed by atoms with van der Waals surface area (Å²) in [6, 6.07) is 2.16. The van der Waals surface area contributed by atoms with Crippen LogP contribution in [0.25, 0.3) is 0 Å². The van der Waals surface area contributed by atoms with Crippen LogP contribution in [0, 0.1) is 11.8 Å². The first kappa shape index (κ1) is 21.0. The largest absolute Gasteiger partial charge is 0.383 e. The number of piperidine rings is 2. The van der Waals surface area contributed by atoms with E-state index in [4.69, 9.17) is 26.9 Å². The van der Waals surface area contributed by atoms with Gasteiger partial charge in [-0.2, -0.15) is 9.97 Å². The van der Waals surface area contributed by atoms with Crippen molar-refractivity contribution >= 4 is 34.9 Å². The maximum Gasteiger partial charge on any atom is 0.232 e. The van der Waals surface area contributed by atoms with Crippen molar-refractivity contribution in [2.75, 3.05) is 61.6 Å². The number of methoxy groups -OCH3 is 1. The third-order valence-electron chi connectivity index (χ3n) is 5.39. The van der Waals surface area contributed by atoms with Crippen molar-refractivity contribution in [3.63, 3.8) is 0 Å². The van der Waals surface area contributed by atoms with Crippen molar-refractivity contribution in [3.05, 3.63) is 6.07 Å². The van der Waals surface area contributed by atoms with E-state index >= 15 is 0 Å². The summed E-state index contributed by atoms with van der Waals surface area (Å²) in [5.41, 5.74) is 0. The van der Waals surface area contributed by atoms with Crippen LogP contribution in [0.3, 0.4) is 0 Å². The molecule has 0 saturated carbocycles. The summed E-state index contributed by atoms with van der Waals surface area (Å²) in [4.78, 5) is 14.4. The van der Waals surface area contributed by atoms with Gasteiger partial charge >= 0.3 is 0 Å². The van der Waals surface area contributed by atoms with Crippen LogP contribution in [0.5, 0.6) is 0 Å². The number of nitrogens with zero attached hydrogens (tertiary/aromatic N) is 4. The molecule has 0 aliphatic carbocycles. The predicted octanol–water partition coefficient (Wildman–Crippen LogP) is 2.88. The topological polar surface area (TPSA) is 65.6 Å². The Morgan fingerprint density at radius 1 is 1.11 bits per heavy atom. The second kappa shape index (κ2) is 10.2. The molecule has 2 atom stereocenters. The Bertz CT molecular complexity index is 642. The first-order valence-corrected chi connectivity index (χ1v) is 10.9. The number of rotatable bonds is 6. The minimum absolute atomic E-state index is 0.527. The molecule has 1 aromatic rings. The van der Waals surface area contributed by atoms with Gasteiger partial charge in [0.1, 0.15) is 11.6 Å². The van der Waals surface area contributed by atoms with Crippen LogP contribution in [0.15, 0.2) is 6.07 Å². The van der Waals surface area contributed by atoms with Gasteiger partial charge in [-0.15, -0.1) is 0 Å². The molecule has 3 rings (SSSR count). The molecule has 2 saturated heterocycles. The van der Waals surface area contributed by atoms with Gasteiger partial charge in [0, 0.05) is 45.9 Å². The molecular weight excluding hydrogens is 372 g/mol. The lowest BCUT2D eigenvalue weighted by atomic mass is 9.92. The monoisotopic (exact) mass is 406 g/mol. The van der Waals surface area contributed by atoms with Crippen LogP contribution >= 0.6 is 12.2 Å². The molecule has 0 radical (unpaired) electrons. The normalized spacial score (nSPS) is 22.8. The van der Waals surface area contributed by atoms with Crippen LogP contribution < -0.4 is 20.4 Å². The summed E-state index contributed by atoms with van der Waals surface area (Å²) in [5.74, 6) is 3.91. The molecule has 0 amide bonds. The third-order valence-corrected chi connectivity index (χ3v) is 5.64. The highest BCUT2D eigenvalue weighted by molar-refractivity contribution is 7.80. The molecule has 2 aliphatic heterocycles. The zero-order valence-electron chi connectivity index (χ0n) is 17.4. The number of nitrogens with one attached hydrogen (secondary N) is 2. The highest BCUT2D eigenvalue weighted by Crippen LogP contribution is 2.29. The summed E-state index contributed by atoms with van der Waals surface area (Å²) in [5, 5.41) is 6.83. The van der Waals surface area contributed by atoms with Crippen molar-refractivity contribution in [3.8, 4) is 0 Å². The van der Waals surface area contributed by atoms with Gasteiger partial charge in [0.2, 0.25) is 5.95 Å². The first-order valence-electron chi connectivity index (χ1n) is 10.5. The number of thiocarbonyl (C=S) groups is 1. The van der Waals surface area contributed by atoms with Gasteiger partial charge in [-0.3, -0.25) is 0 Å². The lowest BCUT2D eigenvalue weighted by Crippen LogP contribution is -2.40. The Hall–Kier alpha value is -1.67. The molecular formula is C20H34N6OS. The lowest BCUT2D eigenvalue weighted by molar-refractivity contribution is 0.204. The van der Waals surface area contributed by atoms with Gasteiger partial charge in [0.25, 0.3) is 0 Å². The fraction of sp³-hybridized carbons (Fsp3) is 0.750. The van der Waals surface area contributed by atoms with Crippen LogP contribution in [0.4, 0.5) is 17.6 Å². The molecule has 0 aromatic carbocycles. The van der Waals surface area contributed by atoms with Gasteiger partial charge in [-0.25, -0.2) is 0 Å². The van der Waals surface area contributed by atoms with E-state index in [2.05, 4.69) is 40.3 Å². The second-order valence-corrected chi connectivity index (χ2v) is 8.59. The van der Waals surface area contributed by atoms with Crippen molar-refractivity contribution < 1.29 is 4.74 Å². The minimum Gasteiger partial charge on any atom is -0.383 e. The van der Waals surface area contributed by atoms with Crippen LogP contribution in [-0.2, 0) is 4.74 Å². The molecule has 28 heavy (non-hydrogen) atoms. The second-order valence-electron chi connectivity index (χ2n) is 8.18. The molecule has 7 nitrogen and oxygen atoms in total. The van der Waals surface area contributed by atoms with Crippen LogP contribution in [-0.4, -0.2) is 61.5 Å². The predicted molar refractivity (Wildman–Crippen MR) is 119 cm³/mol. The van der Waals surface area contributed by atoms with E-state index in [0.29, 0.717) is 36.0 Å². The van der Waals surface area contributed by atoms with Crippen LogP contribution in [0.2, 0.25) is 0 Å². The SMILES string of the molecule is COCCNC(=S)Nc1nc(N2CCCCC2)cc(N2C[C@@H](C)C[C@H](C)C2)n1. The average molecular weight is 407 g/mol. The van der Waals surface area contributed by atoms with Crippen LogP contribution in [0.1, 0.15) is 39.5 Å². The lowest BCUT2D eigenvalue weighted by Gasteiger charge is -2.36. The average Bonchev–Trinajstić information content (AvgIpc) is 2.68.